The highest BCUT2D eigenvalue weighted by Gasteiger charge is 2.49. The average molecular weight is 140 g/mol. The van der Waals surface area contributed by atoms with Gasteiger partial charge in [0.25, 0.3) is 0 Å². The van der Waals surface area contributed by atoms with E-state index in [4.69, 9.17) is 5.73 Å². The monoisotopic (exact) mass is 140 g/mol. The molecular weight excluding hydrogens is 128 g/mol. The minimum absolute atomic E-state index is 0.0414. The quantitative estimate of drug-likeness (QED) is 0.481. The molecule has 1 saturated heterocycles. The molecule has 0 aromatic carbocycles. The van der Waals surface area contributed by atoms with Crippen LogP contribution in [0.3, 0.4) is 0 Å². The van der Waals surface area contributed by atoms with Gasteiger partial charge < -0.3 is 11.1 Å². The fraction of sp³-hybridized carbons (Fsp3) is 0.857. The van der Waals surface area contributed by atoms with Crippen molar-refractivity contribution in [2.45, 2.75) is 25.3 Å². The summed E-state index contributed by atoms with van der Waals surface area (Å²) in [5, 5.41) is 2.80. The van der Waals surface area contributed by atoms with Crippen LogP contribution in [0.5, 0.6) is 0 Å². The molecule has 3 nitrogen and oxygen atoms in total. The maximum absolute atomic E-state index is 10.9. The predicted molar refractivity (Wildman–Crippen MR) is 37.3 cm³/mol. The fourth-order valence-electron chi connectivity index (χ4n) is 1.88. The van der Waals surface area contributed by atoms with E-state index in [-0.39, 0.29) is 17.4 Å². The van der Waals surface area contributed by atoms with Crippen molar-refractivity contribution in [2.75, 3.05) is 6.54 Å². The zero-order chi connectivity index (χ0) is 7.19. The molecule has 1 atom stereocenters. The molecular formula is C7H12N2O. The molecule has 10 heavy (non-hydrogen) atoms. The molecule has 0 radical (unpaired) electrons. The van der Waals surface area contributed by atoms with Gasteiger partial charge in [0.2, 0.25) is 5.91 Å². The molecule has 2 aliphatic rings. The number of nitrogens with one attached hydrogen (secondary N) is 1. The Morgan fingerprint density at radius 2 is 2.30 bits per heavy atom. The van der Waals surface area contributed by atoms with Gasteiger partial charge in [-0.3, -0.25) is 4.79 Å². The minimum atomic E-state index is -0.221. The summed E-state index contributed by atoms with van der Waals surface area (Å²) in [5.41, 5.74) is 5.87. The van der Waals surface area contributed by atoms with Crippen LogP contribution in [0.15, 0.2) is 0 Å². The first-order chi connectivity index (χ1) is 4.75. The molecule has 3 N–H and O–H groups in total. The van der Waals surface area contributed by atoms with Gasteiger partial charge in [0.15, 0.2) is 0 Å². The summed E-state index contributed by atoms with van der Waals surface area (Å²) in [5.74, 6) is 0.0414. The van der Waals surface area contributed by atoms with Gasteiger partial charge in [0.05, 0.1) is 6.04 Å². The van der Waals surface area contributed by atoms with Gasteiger partial charge in [0, 0.05) is 12.0 Å². The number of hydrogen-bond donors (Lipinski definition) is 2. The number of nitrogens with two attached hydrogens (primary N) is 1. The lowest BCUT2D eigenvalue weighted by atomic mass is 9.66. The molecule has 1 spiro atoms. The van der Waals surface area contributed by atoms with Crippen LogP contribution in [-0.4, -0.2) is 18.5 Å². The normalized spacial score (nSPS) is 35.7. The zero-order valence-electron chi connectivity index (χ0n) is 5.89. The topological polar surface area (TPSA) is 55.1 Å². The summed E-state index contributed by atoms with van der Waals surface area (Å²) in [4.78, 5) is 10.9. The molecule has 0 aromatic heterocycles. The van der Waals surface area contributed by atoms with E-state index in [9.17, 15) is 4.79 Å². The van der Waals surface area contributed by atoms with Crippen LogP contribution in [0.1, 0.15) is 19.3 Å². The lowest BCUT2D eigenvalue weighted by Gasteiger charge is -2.39. The minimum Gasteiger partial charge on any atom is -0.354 e. The summed E-state index contributed by atoms with van der Waals surface area (Å²) in [6, 6.07) is -0.221. The Morgan fingerprint density at radius 3 is 2.50 bits per heavy atom. The van der Waals surface area contributed by atoms with Gasteiger partial charge >= 0.3 is 0 Å². The van der Waals surface area contributed by atoms with Crippen molar-refractivity contribution in [3.8, 4) is 0 Å². The lowest BCUT2D eigenvalue weighted by Crippen LogP contribution is -2.47. The van der Waals surface area contributed by atoms with E-state index < -0.39 is 0 Å². The Kier molecular flexibility index (Phi) is 1.06. The number of carbonyl (C=O) groups is 1. The highest BCUT2D eigenvalue weighted by Crippen LogP contribution is 2.44. The number of hydrogen-bond acceptors (Lipinski definition) is 2. The van der Waals surface area contributed by atoms with Gasteiger partial charge in [0.1, 0.15) is 0 Å². The van der Waals surface area contributed by atoms with Gasteiger partial charge in [-0.05, 0) is 12.8 Å². The average Bonchev–Trinajstić information content (AvgIpc) is 2.10. The Hall–Kier alpha value is -0.570. The van der Waals surface area contributed by atoms with Crippen LogP contribution in [0, 0.1) is 5.41 Å². The summed E-state index contributed by atoms with van der Waals surface area (Å²) < 4.78 is 0. The molecule has 2 rings (SSSR count). The van der Waals surface area contributed by atoms with Crippen LogP contribution in [0.2, 0.25) is 0 Å². The van der Waals surface area contributed by atoms with Gasteiger partial charge in [-0.25, -0.2) is 0 Å². The summed E-state index contributed by atoms with van der Waals surface area (Å²) >= 11 is 0. The Bertz CT molecular complexity index is 174. The number of carbonyl (C=O) groups excluding carboxylic acids is 1. The van der Waals surface area contributed by atoms with Crippen molar-refractivity contribution in [3.63, 3.8) is 0 Å². The SMILES string of the molecule is NC1C(=O)NCC12CCC2. The largest absolute Gasteiger partial charge is 0.354 e. The summed E-state index contributed by atoms with van der Waals surface area (Å²) in [6.07, 6.45) is 3.50. The second-order valence-electron chi connectivity index (χ2n) is 3.41. The first-order valence-electron chi connectivity index (χ1n) is 3.78. The molecule has 1 saturated carbocycles. The van der Waals surface area contributed by atoms with E-state index in [1.165, 1.54) is 6.42 Å². The predicted octanol–water partition coefficient (Wildman–Crippen LogP) is -0.386. The highest BCUT2D eigenvalue weighted by atomic mass is 16.2. The van der Waals surface area contributed by atoms with Crippen LogP contribution >= 0.6 is 0 Å². The Morgan fingerprint density at radius 1 is 1.60 bits per heavy atom. The fourth-order valence-corrected chi connectivity index (χ4v) is 1.88. The Labute approximate surface area is 60.0 Å². The standard InChI is InChI=1S/C7H12N2O/c8-5-6(10)9-4-7(5)2-1-3-7/h5H,1-4,8H2,(H,9,10). The van der Waals surface area contributed by atoms with Crippen molar-refractivity contribution in [1.29, 1.82) is 0 Å². The van der Waals surface area contributed by atoms with Gasteiger partial charge in [-0.15, -0.1) is 0 Å². The van der Waals surface area contributed by atoms with E-state index in [0.717, 1.165) is 19.4 Å². The van der Waals surface area contributed by atoms with Crippen LogP contribution in [0.25, 0.3) is 0 Å². The van der Waals surface area contributed by atoms with Crippen molar-refractivity contribution >= 4 is 5.91 Å². The van der Waals surface area contributed by atoms with Crippen molar-refractivity contribution < 1.29 is 4.79 Å². The molecule has 0 bridgehead atoms. The second kappa shape index (κ2) is 1.72. The first-order valence-corrected chi connectivity index (χ1v) is 3.78. The second-order valence-corrected chi connectivity index (χ2v) is 3.41. The zero-order valence-corrected chi connectivity index (χ0v) is 5.89. The summed E-state index contributed by atoms with van der Waals surface area (Å²) in [7, 11) is 0. The van der Waals surface area contributed by atoms with Crippen LogP contribution in [0.4, 0.5) is 0 Å². The van der Waals surface area contributed by atoms with Crippen LogP contribution < -0.4 is 11.1 Å². The lowest BCUT2D eigenvalue weighted by molar-refractivity contribution is -0.121. The van der Waals surface area contributed by atoms with E-state index in [2.05, 4.69) is 5.32 Å². The molecule has 2 fully saturated rings. The molecule has 56 valence electrons. The number of amides is 1. The third kappa shape index (κ3) is 0.560. The first kappa shape index (κ1) is 6.16. The van der Waals surface area contributed by atoms with Crippen LogP contribution in [-0.2, 0) is 4.79 Å². The molecule has 0 aromatic rings. The molecule has 1 aliphatic carbocycles. The third-order valence-electron chi connectivity index (χ3n) is 2.91. The molecule has 3 heteroatoms. The van der Waals surface area contributed by atoms with E-state index in [1.54, 1.807) is 0 Å². The summed E-state index contributed by atoms with van der Waals surface area (Å²) in [6.45, 7) is 0.812. The highest BCUT2D eigenvalue weighted by molar-refractivity contribution is 5.85. The molecule has 1 aliphatic heterocycles. The molecule has 1 amide bonds. The number of rotatable bonds is 0. The van der Waals surface area contributed by atoms with E-state index in [1.807, 2.05) is 0 Å². The molecule has 1 heterocycles. The van der Waals surface area contributed by atoms with Crippen molar-refractivity contribution in [1.82, 2.24) is 5.32 Å². The van der Waals surface area contributed by atoms with Gasteiger partial charge in [-0.1, -0.05) is 6.42 Å². The third-order valence-corrected chi connectivity index (χ3v) is 2.91. The maximum Gasteiger partial charge on any atom is 0.237 e. The van der Waals surface area contributed by atoms with E-state index >= 15 is 0 Å². The van der Waals surface area contributed by atoms with Gasteiger partial charge in [-0.2, -0.15) is 0 Å². The Balaban J connectivity index is 2.17. The smallest absolute Gasteiger partial charge is 0.237 e. The van der Waals surface area contributed by atoms with Crippen molar-refractivity contribution in [2.24, 2.45) is 11.1 Å². The molecule has 1 unspecified atom stereocenters. The van der Waals surface area contributed by atoms with E-state index in [0.29, 0.717) is 0 Å². The maximum atomic E-state index is 10.9. The van der Waals surface area contributed by atoms with Crippen molar-refractivity contribution in [3.05, 3.63) is 0 Å².